The van der Waals surface area contributed by atoms with Crippen LogP contribution in [0.5, 0.6) is 0 Å². The summed E-state index contributed by atoms with van der Waals surface area (Å²) in [5, 5.41) is 1.39. The number of anilines is 1. The molecule has 0 amide bonds. The third-order valence-electron chi connectivity index (χ3n) is 4.88. The van der Waals surface area contributed by atoms with E-state index in [1.807, 2.05) is 30.0 Å². The molecule has 1 aliphatic heterocycles. The Morgan fingerprint density at radius 2 is 2.12 bits per heavy atom. The summed E-state index contributed by atoms with van der Waals surface area (Å²) in [6.45, 7) is 6.45. The van der Waals surface area contributed by atoms with Gasteiger partial charge in [0.2, 0.25) is 0 Å². The fourth-order valence-corrected chi connectivity index (χ4v) is 4.06. The molecule has 1 fully saturated rings. The van der Waals surface area contributed by atoms with Gasteiger partial charge in [0, 0.05) is 18.0 Å². The molecular weight excluding hydrogens is 356 g/mol. The number of aromatic amines is 1. The molecule has 0 saturated carbocycles. The summed E-state index contributed by atoms with van der Waals surface area (Å²) >= 11 is 7.74. The monoisotopic (exact) mass is 378 g/mol. The van der Waals surface area contributed by atoms with Crippen LogP contribution in [0.3, 0.4) is 0 Å². The summed E-state index contributed by atoms with van der Waals surface area (Å²) in [5.74, 6) is 0.485. The summed E-state index contributed by atoms with van der Waals surface area (Å²) in [5.41, 5.74) is 6.87. The zero-order valence-electron chi connectivity index (χ0n) is 14.5. The van der Waals surface area contributed by atoms with Crippen LogP contribution in [0.2, 0.25) is 5.02 Å². The molecule has 3 N–H and O–H groups in total. The molecule has 0 atom stereocenters. The summed E-state index contributed by atoms with van der Waals surface area (Å²) in [7, 11) is 0. The van der Waals surface area contributed by atoms with E-state index in [0.29, 0.717) is 22.4 Å². The highest BCUT2D eigenvalue weighted by Gasteiger charge is 2.30. The van der Waals surface area contributed by atoms with Crippen molar-refractivity contribution < 1.29 is 0 Å². The second kappa shape index (κ2) is 7.40. The van der Waals surface area contributed by atoms with Gasteiger partial charge in [-0.15, -0.1) is 0 Å². The normalized spacial score (nSPS) is 16.9. The van der Waals surface area contributed by atoms with Crippen molar-refractivity contribution in [3.05, 3.63) is 45.3 Å². The molecule has 1 aliphatic rings. The molecule has 0 radical (unpaired) electrons. The zero-order valence-corrected chi connectivity index (χ0v) is 16.1. The van der Waals surface area contributed by atoms with Crippen LogP contribution >= 0.6 is 23.4 Å². The molecule has 1 saturated heterocycles. The number of nitrogens with two attached hydrogens (primary N) is 1. The largest absolute Gasteiger partial charge is 0.352 e. The molecule has 2 aromatic rings. The lowest BCUT2D eigenvalue weighted by atomic mass is 9.80. The highest BCUT2D eigenvalue weighted by Crippen LogP contribution is 2.34. The van der Waals surface area contributed by atoms with Crippen molar-refractivity contribution in [1.29, 1.82) is 0 Å². The maximum atomic E-state index is 12.5. The zero-order chi connectivity index (χ0) is 18.0. The van der Waals surface area contributed by atoms with Gasteiger partial charge in [-0.1, -0.05) is 42.4 Å². The molecule has 7 heteroatoms. The van der Waals surface area contributed by atoms with Crippen molar-refractivity contribution in [2.75, 3.05) is 24.5 Å². The van der Waals surface area contributed by atoms with Gasteiger partial charge in [0.1, 0.15) is 0 Å². The Labute approximate surface area is 157 Å². The Morgan fingerprint density at radius 3 is 2.76 bits per heavy atom. The summed E-state index contributed by atoms with van der Waals surface area (Å²) in [6, 6.07) is 5.85. The maximum absolute atomic E-state index is 12.5. The van der Waals surface area contributed by atoms with E-state index in [0.717, 1.165) is 36.4 Å². The van der Waals surface area contributed by atoms with E-state index in [-0.39, 0.29) is 11.0 Å². The van der Waals surface area contributed by atoms with Crippen LogP contribution in [0.4, 0.5) is 5.82 Å². The van der Waals surface area contributed by atoms with Crippen molar-refractivity contribution in [1.82, 2.24) is 9.97 Å². The van der Waals surface area contributed by atoms with Crippen molar-refractivity contribution in [2.24, 2.45) is 11.1 Å². The Balaban J connectivity index is 1.76. The maximum Gasteiger partial charge on any atom is 0.291 e. The summed E-state index contributed by atoms with van der Waals surface area (Å²) in [6.07, 6.45) is 3.65. The number of piperidine rings is 1. The van der Waals surface area contributed by atoms with Crippen molar-refractivity contribution in [3.8, 4) is 0 Å². The second-order valence-electron chi connectivity index (χ2n) is 6.89. The molecule has 134 valence electrons. The van der Waals surface area contributed by atoms with Gasteiger partial charge < -0.3 is 15.6 Å². The number of aryl methyl sites for hydroxylation is 1. The SMILES string of the molecule is Cc1cccc(Sc2cnc(N3CCC(C)(CN)CC3)c(=O)[nH]2)c1Cl. The lowest BCUT2D eigenvalue weighted by Crippen LogP contribution is -2.44. The van der Waals surface area contributed by atoms with Gasteiger partial charge in [-0.2, -0.15) is 0 Å². The Morgan fingerprint density at radius 1 is 1.40 bits per heavy atom. The highest BCUT2D eigenvalue weighted by molar-refractivity contribution is 7.99. The molecule has 0 unspecified atom stereocenters. The lowest BCUT2D eigenvalue weighted by molar-refractivity contribution is 0.257. The smallest absolute Gasteiger partial charge is 0.291 e. The number of nitrogens with one attached hydrogen (secondary N) is 1. The Bertz CT molecular complexity index is 815. The minimum absolute atomic E-state index is 0.162. The first kappa shape index (κ1) is 18.3. The number of hydrogen-bond donors (Lipinski definition) is 2. The number of halogens is 1. The van der Waals surface area contributed by atoms with Crippen LogP contribution < -0.4 is 16.2 Å². The standard InChI is InChI=1S/C18H23ClN4OS/c1-12-4-3-5-13(15(12)19)25-14-10-21-16(17(24)22-14)23-8-6-18(2,11-20)7-9-23/h3-5,10H,6-9,11,20H2,1-2H3,(H,22,24). The van der Waals surface area contributed by atoms with Crippen LogP contribution in [0.15, 0.2) is 39.1 Å². The molecular formula is C18H23ClN4OS. The van der Waals surface area contributed by atoms with E-state index in [1.54, 1.807) is 6.20 Å². The van der Waals surface area contributed by atoms with E-state index in [4.69, 9.17) is 17.3 Å². The fourth-order valence-electron chi connectivity index (χ4n) is 2.94. The Kier molecular flexibility index (Phi) is 5.41. The number of H-pyrrole nitrogens is 1. The van der Waals surface area contributed by atoms with Gasteiger partial charge in [0.25, 0.3) is 5.56 Å². The molecule has 0 spiro atoms. The second-order valence-corrected chi connectivity index (χ2v) is 8.35. The third kappa shape index (κ3) is 4.02. The predicted molar refractivity (Wildman–Crippen MR) is 104 cm³/mol. The predicted octanol–water partition coefficient (Wildman–Crippen LogP) is 3.45. The van der Waals surface area contributed by atoms with Crippen LogP contribution in [-0.2, 0) is 0 Å². The lowest BCUT2D eigenvalue weighted by Gasteiger charge is -2.38. The summed E-state index contributed by atoms with van der Waals surface area (Å²) in [4.78, 5) is 22.8. The number of rotatable bonds is 4. The van der Waals surface area contributed by atoms with E-state index in [2.05, 4.69) is 16.9 Å². The van der Waals surface area contributed by atoms with E-state index in [1.165, 1.54) is 11.8 Å². The first-order chi connectivity index (χ1) is 11.9. The molecule has 2 heterocycles. The van der Waals surface area contributed by atoms with Crippen molar-refractivity contribution in [3.63, 3.8) is 0 Å². The first-order valence-corrected chi connectivity index (χ1v) is 9.59. The molecule has 25 heavy (non-hydrogen) atoms. The molecule has 3 rings (SSSR count). The minimum Gasteiger partial charge on any atom is -0.352 e. The van der Waals surface area contributed by atoms with Crippen LogP contribution in [0.25, 0.3) is 0 Å². The number of nitrogens with zero attached hydrogens (tertiary/aromatic N) is 2. The van der Waals surface area contributed by atoms with Crippen LogP contribution in [0, 0.1) is 12.3 Å². The quantitative estimate of drug-likeness (QED) is 0.852. The average Bonchev–Trinajstić information content (AvgIpc) is 2.60. The fraction of sp³-hybridized carbons (Fsp3) is 0.444. The molecule has 1 aromatic heterocycles. The Hall–Kier alpha value is -1.50. The average molecular weight is 379 g/mol. The topological polar surface area (TPSA) is 75.0 Å². The number of hydrogen-bond acceptors (Lipinski definition) is 5. The van der Waals surface area contributed by atoms with Gasteiger partial charge in [0.05, 0.1) is 16.2 Å². The third-order valence-corrected chi connectivity index (χ3v) is 6.48. The van der Waals surface area contributed by atoms with E-state index in [9.17, 15) is 4.79 Å². The van der Waals surface area contributed by atoms with Gasteiger partial charge in [-0.25, -0.2) is 4.98 Å². The summed E-state index contributed by atoms with van der Waals surface area (Å²) < 4.78 is 0. The first-order valence-electron chi connectivity index (χ1n) is 8.39. The highest BCUT2D eigenvalue weighted by atomic mass is 35.5. The van der Waals surface area contributed by atoms with Crippen molar-refractivity contribution >= 4 is 29.2 Å². The van der Waals surface area contributed by atoms with Gasteiger partial charge in [-0.3, -0.25) is 4.79 Å². The molecule has 0 aliphatic carbocycles. The molecule has 5 nitrogen and oxygen atoms in total. The van der Waals surface area contributed by atoms with Gasteiger partial charge in [-0.05, 0) is 43.4 Å². The number of benzene rings is 1. The van der Waals surface area contributed by atoms with Crippen LogP contribution in [-0.4, -0.2) is 29.6 Å². The van der Waals surface area contributed by atoms with Gasteiger partial charge >= 0.3 is 0 Å². The molecule has 0 bridgehead atoms. The van der Waals surface area contributed by atoms with E-state index < -0.39 is 0 Å². The van der Waals surface area contributed by atoms with Crippen LogP contribution in [0.1, 0.15) is 25.3 Å². The number of aromatic nitrogens is 2. The molecule has 1 aromatic carbocycles. The minimum atomic E-state index is -0.162. The van der Waals surface area contributed by atoms with E-state index >= 15 is 0 Å². The van der Waals surface area contributed by atoms with Crippen molar-refractivity contribution in [2.45, 2.75) is 36.6 Å². The van der Waals surface area contributed by atoms with Gasteiger partial charge in [0.15, 0.2) is 5.82 Å².